The van der Waals surface area contributed by atoms with E-state index in [1.165, 1.54) is 25.7 Å². The summed E-state index contributed by atoms with van der Waals surface area (Å²) in [5.41, 5.74) is 6.62. The first-order valence-electron chi connectivity index (χ1n) is 5.59. The Kier molecular flexibility index (Phi) is 3.06. The summed E-state index contributed by atoms with van der Waals surface area (Å²) in [6.45, 7) is 10.5. The van der Waals surface area contributed by atoms with Crippen molar-refractivity contribution in [3.63, 3.8) is 0 Å². The molecule has 78 valence electrons. The van der Waals surface area contributed by atoms with E-state index in [0.29, 0.717) is 10.8 Å². The Bertz CT molecular complexity index is 170. The molecule has 0 spiro atoms. The molecule has 0 aromatic rings. The van der Waals surface area contributed by atoms with Gasteiger partial charge in [0.05, 0.1) is 0 Å². The van der Waals surface area contributed by atoms with Gasteiger partial charge in [-0.05, 0) is 49.0 Å². The van der Waals surface area contributed by atoms with Gasteiger partial charge in [0.2, 0.25) is 0 Å². The van der Waals surface area contributed by atoms with Crippen molar-refractivity contribution in [3.8, 4) is 0 Å². The highest BCUT2D eigenvalue weighted by Crippen LogP contribution is 2.52. The summed E-state index contributed by atoms with van der Waals surface area (Å²) in [7, 11) is 0. The van der Waals surface area contributed by atoms with E-state index in [2.05, 4.69) is 27.7 Å². The zero-order valence-corrected chi connectivity index (χ0v) is 9.69. The van der Waals surface area contributed by atoms with Gasteiger partial charge in [-0.15, -0.1) is 0 Å². The topological polar surface area (TPSA) is 26.0 Å². The average molecular weight is 183 g/mol. The molecule has 0 radical (unpaired) electrons. The summed E-state index contributed by atoms with van der Waals surface area (Å²) in [6.07, 6.45) is 5.33. The highest BCUT2D eigenvalue weighted by molar-refractivity contribution is 4.92. The van der Waals surface area contributed by atoms with Gasteiger partial charge in [-0.2, -0.15) is 0 Å². The largest absolute Gasteiger partial charge is 0.330 e. The van der Waals surface area contributed by atoms with E-state index in [9.17, 15) is 0 Å². The van der Waals surface area contributed by atoms with E-state index in [-0.39, 0.29) is 0 Å². The molecule has 0 bridgehead atoms. The minimum atomic E-state index is 0.491. The maximum atomic E-state index is 5.62. The van der Waals surface area contributed by atoms with Crippen molar-refractivity contribution in [3.05, 3.63) is 0 Å². The Balaban J connectivity index is 2.59. The molecule has 1 rings (SSSR count). The van der Waals surface area contributed by atoms with Crippen LogP contribution in [-0.2, 0) is 0 Å². The number of nitrogens with two attached hydrogens (primary N) is 1. The van der Waals surface area contributed by atoms with Crippen LogP contribution in [0.15, 0.2) is 0 Å². The van der Waals surface area contributed by atoms with Crippen LogP contribution < -0.4 is 5.73 Å². The van der Waals surface area contributed by atoms with Crippen LogP contribution in [-0.4, -0.2) is 6.54 Å². The molecule has 0 heterocycles. The highest BCUT2D eigenvalue weighted by Gasteiger charge is 2.41. The van der Waals surface area contributed by atoms with Gasteiger partial charge < -0.3 is 5.73 Å². The minimum absolute atomic E-state index is 0.491. The second kappa shape index (κ2) is 3.61. The molecule has 1 aliphatic rings. The van der Waals surface area contributed by atoms with Crippen LogP contribution in [0.4, 0.5) is 0 Å². The summed E-state index contributed by atoms with van der Waals surface area (Å²) >= 11 is 0. The normalized spacial score (nSPS) is 31.6. The third kappa shape index (κ3) is 2.25. The molecule has 1 atom stereocenters. The van der Waals surface area contributed by atoms with Crippen LogP contribution in [0.2, 0.25) is 0 Å². The molecule has 2 N–H and O–H groups in total. The lowest BCUT2D eigenvalue weighted by atomic mass is 9.57. The third-order valence-corrected chi connectivity index (χ3v) is 4.38. The summed E-state index contributed by atoms with van der Waals surface area (Å²) in [4.78, 5) is 0. The minimum Gasteiger partial charge on any atom is -0.330 e. The summed E-state index contributed by atoms with van der Waals surface area (Å²) in [5.74, 6) is 0.882. The van der Waals surface area contributed by atoms with E-state index in [0.717, 1.165) is 12.5 Å². The second-order valence-electron chi connectivity index (χ2n) is 5.95. The van der Waals surface area contributed by atoms with Crippen LogP contribution in [0.5, 0.6) is 0 Å². The molecule has 1 saturated carbocycles. The molecular formula is C12H25N. The Morgan fingerprint density at radius 2 is 1.77 bits per heavy atom. The summed E-state index contributed by atoms with van der Waals surface area (Å²) in [5, 5.41) is 0. The molecule has 0 aromatic carbocycles. The number of hydrogen-bond donors (Lipinski definition) is 1. The fourth-order valence-corrected chi connectivity index (χ4v) is 2.49. The molecule has 0 aliphatic heterocycles. The van der Waals surface area contributed by atoms with E-state index in [1.807, 2.05) is 0 Å². The van der Waals surface area contributed by atoms with Crippen molar-refractivity contribution in [2.75, 3.05) is 6.54 Å². The van der Waals surface area contributed by atoms with Crippen molar-refractivity contribution in [2.24, 2.45) is 22.5 Å². The first-order valence-corrected chi connectivity index (χ1v) is 5.59. The lowest BCUT2D eigenvalue weighted by Crippen LogP contribution is -2.39. The Morgan fingerprint density at radius 1 is 1.15 bits per heavy atom. The zero-order valence-electron chi connectivity index (χ0n) is 9.69. The monoisotopic (exact) mass is 183 g/mol. The maximum Gasteiger partial charge on any atom is -0.00746 e. The van der Waals surface area contributed by atoms with E-state index in [4.69, 9.17) is 5.73 Å². The molecular weight excluding hydrogens is 158 g/mol. The predicted octanol–water partition coefficient (Wildman–Crippen LogP) is 3.19. The van der Waals surface area contributed by atoms with Crippen LogP contribution >= 0.6 is 0 Å². The van der Waals surface area contributed by atoms with Crippen LogP contribution in [0.3, 0.4) is 0 Å². The fraction of sp³-hybridized carbons (Fsp3) is 1.00. The number of hydrogen-bond acceptors (Lipinski definition) is 1. The smallest absolute Gasteiger partial charge is 0.00746 e. The van der Waals surface area contributed by atoms with Gasteiger partial charge in [-0.3, -0.25) is 0 Å². The van der Waals surface area contributed by atoms with E-state index >= 15 is 0 Å². The first kappa shape index (κ1) is 11.0. The average Bonchev–Trinajstić information content (AvgIpc) is 1.98. The quantitative estimate of drug-likeness (QED) is 0.699. The molecule has 1 nitrogen and oxygen atoms in total. The number of rotatable bonds is 2. The van der Waals surface area contributed by atoms with Gasteiger partial charge in [0.1, 0.15) is 0 Å². The predicted molar refractivity (Wildman–Crippen MR) is 58.6 cm³/mol. The first-order chi connectivity index (χ1) is 5.89. The molecule has 0 aromatic heterocycles. The third-order valence-electron chi connectivity index (χ3n) is 4.38. The summed E-state index contributed by atoms with van der Waals surface area (Å²) < 4.78 is 0. The van der Waals surface area contributed by atoms with Crippen molar-refractivity contribution in [1.82, 2.24) is 0 Å². The molecule has 0 amide bonds. The van der Waals surface area contributed by atoms with Gasteiger partial charge >= 0.3 is 0 Å². The van der Waals surface area contributed by atoms with Crippen LogP contribution in [0.1, 0.15) is 53.4 Å². The molecule has 1 heteroatoms. The van der Waals surface area contributed by atoms with E-state index < -0.39 is 0 Å². The Morgan fingerprint density at radius 3 is 2.23 bits per heavy atom. The second-order valence-corrected chi connectivity index (χ2v) is 5.95. The lowest BCUT2D eigenvalue weighted by molar-refractivity contribution is 0.0189. The van der Waals surface area contributed by atoms with Gasteiger partial charge in [0.15, 0.2) is 0 Å². The highest BCUT2D eigenvalue weighted by atomic mass is 14.5. The van der Waals surface area contributed by atoms with Gasteiger partial charge in [0.25, 0.3) is 0 Å². The molecule has 13 heavy (non-hydrogen) atoms. The van der Waals surface area contributed by atoms with Crippen molar-refractivity contribution >= 4 is 0 Å². The van der Waals surface area contributed by atoms with Crippen LogP contribution in [0, 0.1) is 16.7 Å². The Hall–Kier alpha value is -0.0400. The SMILES string of the molecule is CC1(C)CCC(CCN)CC1(C)C. The summed E-state index contributed by atoms with van der Waals surface area (Å²) in [6, 6.07) is 0. The van der Waals surface area contributed by atoms with Gasteiger partial charge in [-0.1, -0.05) is 27.7 Å². The van der Waals surface area contributed by atoms with Gasteiger partial charge in [0, 0.05) is 0 Å². The Labute approximate surface area is 83.1 Å². The standard InChI is InChI=1S/C12H25N/c1-11(2)7-5-10(6-8-13)9-12(11,3)4/h10H,5-9,13H2,1-4H3. The molecule has 0 saturated heterocycles. The molecule has 1 fully saturated rings. The van der Waals surface area contributed by atoms with Crippen molar-refractivity contribution < 1.29 is 0 Å². The van der Waals surface area contributed by atoms with Crippen molar-refractivity contribution in [2.45, 2.75) is 53.4 Å². The fourth-order valence-electron chi connectivity index (χ4n) is 2.49. The van der Waals surface area contributed by atoms with E-state index in [1.54, 1.807) is 0 Å². The van der Waals surface area contributed by atoms with Crippen LogP contribution in [0.25, 0.3) is 0 Å². The molecule has 1 aliphatic carbocycles. The van der Waals surface area contributed by atoms with Crippen molar-refractivity contribution in [1.29, 1.82) is 0 Å². The zero-order chi connectivity index (χ0) is 10.1. The lowest BCUT2D eigenvalue weighted by Gasteiger charge is -2.49. The molecule has 1 unspecified atom stereocenters. The van der Waals surface area contributed by atoms with Gasteiger partial charge in [-0.25, -0.2) is 0 Å². The maximum absolute atomic E-state index is 5.62.